The lowest BCUT2D eigenvalue weighted by Gasteiger charge is -2.23. The van der Waals surface area contributed by atoms with Gasteiger partial charge in [0.1, 0.15) is 0 Å². The van der Waals surface area contributed by atoms with E-state index in [0.29, 0.717) is 10.0 Å². The second-order valence-electron chi connectivity index (χ2n) is 4.38. The minimum atomic E-state index is -0.452. The Kier molecular flexibility index (Phi) is 5.51. The highest BCUT2D eigenvalue weighted by Gasteiger charge is 2.22. The van der Waals surface area contributed by atoms with Gasteiger partial charge in [-0.25, -0.2) is 0 Å². The zero-order valence-electron chi connectivity index (χ0n) is 10.3. The Morgan fingerprint density at radius 2 is 1.10 bits per heavy atom. The van der Waals surface area contributed by atoms with Gasteiger partial charge in [0.05, 0.1) is 12.1 Å². The molecule has 0 bridgehead atoms. The van der Waals surface area contributed by atoms with Crippen molar-refractivity contribution in [3.63, 3.8) is 0 Å². The fourth-order valence-corrected chi connectivity index (χ4v) is 3.17. The molecule has 0 amide bonds. The Hall–Kier alpha value is -0.100. The number of hydrogen-bond donors (Lipinski definition) is 2. The normalized spacial score (nSPS) is 14.1. The summed E-state index contributed by atoms with van der Waals surface area (Å²) in [5.74, 6) is 0. The predicted molar refractivity (Wildman–Crippen MR) is 92.2 cm³/mol. The van der Waals surface area contributed by atoms with Crippen LogP contribution in [0.25, 0.3) is 0 Å². The van der Waals surface area contributed by atoms with Gasteiger partial charge < -0.3 is 11.5 Å². The first-order chi connectivity index (χ1) is 9.40. The van der Waals surface area contributed by atoms with Gasteiger partial charge in [-0.1, -0.05) is 55.1 Å². The van der Waals surface area contributed by atoms with E-state index in [9.17, 15) is 0 Å². The Morgan fingerprint density at radius 3 is 1.45 bits per heavy atom. The Morgan fingerprint density at radius 1 is 0.750 bits per heavy atom. The number of halogens is 4. The topological polar surface area (TPSA) is 52.0 Å². The van der Waals surface area contributed by atoms with Gasteiger partial charge >= 0.3 is 0 Å². The molecule has 2 aromatic rings. The number of benzene rings is 2. The molecular weight excluding hydrogens is 427 g/mol. The second-order valence-corrected chi connectivity index (χ2v) is 7.03. The first kappa shape index (κ1) is 16.3. The van der Waals surface area contributed by atoms with Crippen LogP contribution in [-0.2, 0) is 0 Å². The lowest BCUT2D eigenvalue weighted by Crippen LogP contribution is -2.27. The summed E-state index contributed by atoms with van der Waals surface area (Å²) >= 11 is 19.2. The number of nitrogens with two attached hydrogens (primary N) is 2. The summed E-state index contributed by atoms with van der Waals surface area (Å²) in [6.07, 6.45) is 0. The molecule has 106 valence electrons. The standard InChI is InChI=1S/C14H12Br2Cl2N2/c15-7-1-3-11(17)9(5-7)13(19)14(20)10-6-8(16)2-4-12(10)18/h1-6,13-14H,19-20H2. The SMILES string of the molecule is NC(c1cc(Br)ccc1Cl)C(N)c1cc(Br)ccc1Cl. The molecule has 6 heteroatoms. The van der Waals surface area contributed by atoms with Gasteiger partial charge in [-0.05, 0) is 47.5 Å². The zero-order chi connectivity index (χ0) is 14.9. The Labute approximate surface area is 144 Å². The minimum Gasteiger partial charge on any atom is -0.322 e. The molecule has 2 rings (SSSR count). The Balaban J connectivity index is 2.39. The van der Waals surface area contributed by atoms with Gasteiger partial charge in [0.25, 0.3) is 0 Å². The summed E-state index contributed by atoms with van der Waals surface area (Å²) < 4.78 is 1.81. The fourth-order valence-electron chi connectivity index (χ4n) is 1.93. The monoisotopic (exact) mass is 436 g/mol. The van der Waals surface area contributed by atoms with E-state index in [1.54, 1.807) is 12.1 Å². The van der Waals surface area contributed by atoms with Crippen molar-refractivity contribution in [1.82, 2.24) is 0 Å². The maximum Gasteiger partial charge on any atom is 0.0506 e. The highest BCUT2D eigenvalue weighted by atomic mass is 79.9. The predicted octanol–water partition coefficient (Wildman–Crippen LogP) is 5.22. The van der Waals surface area contributed by atoms with E-state index in [1.807, 2.05) is 24.3 Å². The second kappa shape index (κ2) is 6.77. The van der Waals surface area contributed by atoms with E-state index in [2.05, 4.69) is 31.9 Å². The van der Waals surface area contributed by atoms with Gasteiger partial charge in [0.15, 0.2) is 0 Å². The lowest BCUT2D eigenvalue weighted by atomic mass is 9.95. The number of hydrogen-bond acceptors (Lipinski definition) is 2. The highest BCUT2D eigenvalue weighted by Crippen LogP contribution is 2.35. The number of rotatable bonds is 3. The molecule has 2 aromatic carbocycles. The minimum absolute atomic E-state index is 0.452. The van der Waals surface area contributed by atoms with Crippen LogP contribution in [0.1, 0.15) is 23.2 Å². The molecule has 0 saturated carbocycles. The smallest absolute Gasteiger partial charge is 0.0506 e. The summed E-state index contributed by atoms with van der Waals surface area (Å²) in [7, 11) is 0. The molecular formula is C14H12Br2Cl2N2. The van der Waals surface area contributed by atoms with E-state index >= 15 is 0 Å². The largest absolute Gasteiger partial charge is 0.322 e. The van der Waals surface area contributed by atoms with Gasteiger partial charge in [-0.15, -0.1) is 0 Å². The molecule has 2 nitrogen and oxygen atoms in total. The molecule has 4 N–H and O–H groups in total. The average Bonchev–Trinajstić information content (AvgIpc) is 2.42. The Bertz CT molecular complexity index is 579. The van der Waals surface area contributed by atoms with Crippen molar-refractivity contribution in [2.45, 2.75) is 12.1 Å². The maximum atomic E-state index is 6.25. The van der Waals surface area contributed by atoms with Crippen LogP contribution in [0.15, 0.2) is 45.3 Å². The molecule has 0 aliphatic carbocycles. The fraction of sp³-hybridized carbons (Fsp3) is 0.143. The van der Waals surface area contributed by atoms with Crippen molar-refractivity contribution >= 4 is 55.1 Å². The van der Waals surface area contributed by atoms with Crippen LogP contribution in [0, 0.1) is 0 Å². The molecule has 2 atom stereocenters. The summed E-state index contributed by atoms with van der Waals surface area (Å²) in [5.41, 5.74) is 14.1. The van der Waals surface area contributed by atoms with Gasteiger partial charge in [0.2, 0.25) is 0 Å². The molecule has 0 aromatic heterocycles. The third-order valence-electron chi connectivity index (χ3n) is 3.02. The average molecular weight is 439 g/mol. The maximum absolute atomic E-state index is 6.25. The molecule has 0 saturated heterocycles. The van der Waals surface area contributed by atoms with Crippen molar-refractivity contribution in [1.29, 1.82) is 0 Å². The van der Waals surface area contributed by atoms with Gasteiger partial charge in [-0.2, -0.15) is 0 Å². The summed E-state index contributed by atoms with van der Waals surface area (Å²) in [4.78, 5) is 0. The molecule has 0 heterocycles. The van der Waals surface area contributed by atoms with Crippen LogP contribution < -0.4 is 11.5 Å². The summed E-state index contributed by atoms with van der Waals surface area (Å²) in [5, 5.41) is 1.17. The van der Waals surface area contributed by atoms with Crippen LogP contribution in [0.4, 0.5) is 0 Å². The van der Waals surface area contributed by atoms with Crippen molar-refractivity contribution in [3.8, 4) is 0 Å². The third kappa shape index (κ3) is 3.56. The molecule has 0 fully saturated rings. The van der Waals surface area contributed by atoms with E-state index in [1.165, 1.54) is 0 Å². The van der Waals surface area contributed by atoms with Crippen LogP contribution in [0.2, 0.25) is 10.0 Å². The first-order valence-electron chi connectivity index (χ1n) is 5.81. The van der Waals surface area contributed by atoms with Crippen molar-refractivity contribution in [2.75, 3.05) is 0 Å². The molecule has 0 aliphatic rings. The van der Waals surface area contributed by atoms with Crippen molar-refractivity contribution < 1.29 is 0 Å². The highest BCUT2D eigenvalue weighted by molar-refractivity contribution is 9.10. The third-order valence-corrected chi connectivity index (χ3v) is 4.70. The van der Waals surface area contributed by atoms with Gasteiger partial charge in [0, 0.05) is 19.0 Å². The van der Waals surface area contributed by atoms with Crippen LogP contribution in [-0.4, -0.2) is 0 Å². The summed E-state index contributed by atoms with van der Waals surface area (Å²) in [6.45, 7) is 0. The van der Waals surface area contributed by atoms with E-state index in [0.717, 1.165) is 20.1 Å². The summed E-state index contributed by atoms with van der Waals surface area (Å²) in [6, 6.07) is 10.1. The van der Waals surface area contributed by atoms with E-state index in [4.69, 9.17) is 34.7 Å². The van der Waals surface area contributed by atoms with E-state index < -0.39 is 12.1 Å². The molecule has 0 aliphatic heterocycles. The first-order valence-corrected chi connectivity index (χ1v) is 8.15. The molecule has 2 unspecified atom stereocenters. The van der Waals surface area contributed by atoms with E-state index in [-0.39, 0.29) is 0 Å². The lowest BCUT2D eigenvalue weighted by molar-refractivity contribution is 0.574. The molecule has 20 heavy (non-hydrogen) atoms. The van der Waals surface area contributed by atoms with Gasteiger partial charge in [-0.3, -0.25) is 0 Å². The molecule has 0 radical (unpaired) electrons. The quantitative estimate of drug-likeness (QED) is 0.690. The van der Waals surface area contributed by atoms with Crippen LogP contribution in [0.3, 0.4) is 0 Å². The van der Waals surface area contributed by atoms with Crippen LogP contribution in [0.5, 0.6) is 0 Å². The zero-order valence-corrected chi connectivity index (χ0v) is 15.0. The van der Waals surface area contributed by atoms with Crippen molar-refractivity contribution in [2.24, 2.45) is 11.5 Å². The van der Waals surface area contributed by atoms with Crippen molar-refractivity contribution in [3.05, 3.63) is 66.5 Å². The molecule has 0 spiro atoms. The van der Waals surface area contributed by atoms with Crippen LogP contribution >= 0.6 is 55.1 Å².